The Kier molecular flexibility index (Phi) is 7.75. The number of nitrogens with one attached hydrogen (secondary N) is 1. The Labute approximate surface area is 205 Å². The molecular weight excluding hydrogens is 414 g/mol. The van der Waals surface area contributed by atoms with Crippen LogP contribution >= 0.6 is 0 Å². The topological polar surface area (TPSA) is 41.3 Å². The van der Waals surface area contributed by atoms with Gasteiger partial charge in [-0.25, -0.2) is 0 Å². The molecule has 2 saturated heterocycles. The van der Waals surface area contributed by atoms with E-state index in [2.05, 4.69) is 95.1 Å². The van der Waals surface area contributed by atoms with Crippen LogP contribution in [0.4, 0.5) is 0 Å². The Morgan fingerprint density at radius 3 is 1.97 bits per heavy atom. The van der Waals surface area contributed by atoms with Gasteiger partial charge in [0.05, 0.1) is 6.17 Å². The highest BCUT2D eigenvalue weighted by atomic mass is 15.1. The molecule has 0 saturated carbocycles. The Balaban J connectivity index is 1.15. The van der Waals surface area contributed by atoms with Gasteiger partial charge in [0.2, 0.25) is 0 Å². The standard InChI is InChI=1S/C31H39N3/c32-30-13-7-12-29(33-30)25-16-14-24(15-17-25)18-21-34-22-19-28(20-23-34)31(26-8-3-1-4-9-26)27-10-5-2-6-11-27/h1-6,8-11,14-17,28-31,33H,7,12-13,18-23,32H2. The van der Waals surface area contributed by atoms with Gasteiger partial charge in [-0.1, -0.05) is 84.9 Å². The van der Waals surface area contributed by atoms with Gasteiger partial charge in [-0.3, -0.25) is 5.32 Å². The second-order valence-electron chi connectivity index (χ2n) is 10.2. The van der Waals surface area contributed by atoms with Gasteiger partial charge < -0.3 is 10.6 Å². The Bertz CT molecular complexity index is 954. The van der Waals surface area contributed by atoms with E-state index in [0.29, 0.717) is 17.9 Å². The van der Waals surface area contributed by atoms with Crippen molar-refractivity contribution >= 4 is 0 Å². The van der Waals surface area contributed by atoms with Crippen LogP contribution in [0.1, 0.15) is 66.3 Å². The summed E-state index contributed by atoms with van der Waals surface area (Å²) in [4.78, 5) is 2.67. The third kappa shape index (κ3) is 5.78. The molecule has 0 amide bonds. The molecule has 3 aromatic carbocycles. The van der Waals surface area contributed by atoms with Crippen molar-refractivity contribution in [1.82, 2.24) is 10.2 Å². The number of hydrogen-bond donors (Lipinski definition) is 2. The van der Waals surface area contributed by atoms with E-state index in [4.69, 9.17) is 5.73 Å². The smallest absolute Gasteiger partial charge is 0.0551 e. The number of rotatable bonds is 7. The lowest BCUT2D eigenvalue weighted by Crippen LogP contribution is -2.42. The predicted octanol–water partition coefficient (Wildman–Crippen LogP) is 5.87. The monoisotopic (exact) mass is 453 g/mol. The van der Waals surface area contributed by atoms with Gasteiger partial charge in [-0.15, -0.1) is 0 Å². The molecule has 3 N–H and O–H groups in total. The van der Waals surface area contributed by atoms with Crippen molar-refractivity contribution in [2.75, 3.05) is 19.6 Å². The third-order valence-electron chi connectivity index (χ3n) is 7.94. The summed E-state index contributed by atoms with van der Waals surface area (Å²) in [7, 11) is 0. The first-order valence-electron chi connectivity index (χ1n) is 13.2. The van der Waals surface area contributed by atoms with Crippen LogP contribution in [0, 0.1) is 5.92 Å². The van der Waals surface area contributed by atoms with Gasteiger partial charge in [0.15, 0.2) is 0 Å². The Morgan fingerprint density at radius 1 is 0.765 bits per heavy atom. The van der Waals surface area contributed by atoms with E-state index in [9.17, 15) is 0 Å². The average molecular weight is 454 g/mol. The fraction of sp³-hybridized carbons (Fsp3) is 0.419. The molecule has 3 nitrogen and oxygen atoms in total. The zero-order valence-electron chi connectivity index (χ0n) is 20.3. The molecule has 178 valence electrons. The van der Waals surface area contributed by atoms with Crippen LogP contribution < -0.4 is 11.1 Å². The molecule has 5 rings (SSSR count). The molecule has 2 unspecified atom stereocenters. The zero-order valence-corrected chi connectivity index (χ0v) is 20.3. The first-order valence-corrected chi connectivity index (χ1v) is 13.2. The van der Waals surface area contributed by atoms with Crippen LogP contribution in [0.3, 0.4) is 0 Å². The lowest BCUT2D eigenvalue weighted by atomic mass is 9.76. The molecule has 2 atom stereocenters. The molecule has 34 heavy (non-hydrogen) atoms. The fourth-order valence-electron chi connectivity index (χ4n) is 6.00. The summed E-state index contributed by atoms with van der Waals surface area (Å²) < 4.78 is 0. The predicted molar refractivity (Wildman–Crippen MR) is 142 cm³/mol. The van der Waals surface area contributed by atoms with Gasteiger partial charge in [0.25, 0.3) is 0 Å². The van der Waals surface area contributed by atoms with Crippen molar-refractivity contribution in [3.05, 3.63) is 107 Å². The molecule has 2 heterocycles. The van der Waals surface area contributed by atoms with Gasteiger partial charge in [0, 0.05) is 18.5 Å². The van der Waals surface area contributed by atoms with Gasteiger partial charge in [-0.05, 0) is 79.8 Å². The summed E-state index contributed by atoms with van der Waals surface area (Å²) in [5.41, 5.74) is 11.8. The van der Waals surface area contributed by atoms with Crippen LogP contribution in [-0.4, -0.2) is 30.7 Å². The highest BCUT2D eigenvalue weighted by Crippen LogP contribution is 2.38. The lowest BCUT2D eigenvalue weighted by Gasteiger charge is -2.36. The normalized spacial score (nSPS) is 22.2. The molecule has 0 aliphatic carbocycles. The molecule has 0 aromatic heterocycles. The first kappa shape index (κ1) is 23.3. The van der Waals surface area contributed by atoms with E-state index in [1.807, 2.05) is 0 Å². The highest BCUT2D eigenvalue weighted by molar-refractivity contribution is 5.33. The van der Waals surface area contributed by atoms with E-state index in [1.165, 1.54) is 61.0 Å². The zero-order chi connectivity index (χ0) is 23.2. The molecule has 3 aromatic rings. The van der Waals surface area contributed by atoms with Gasteiger partial charge >= 0.3 is 0 Å². The third-order valence-corrected chi connectivity index (χ3v) is 7.94. The van der Waals surface area contributed by atoms with Crippen LogP contribution in [0.15, 0.2) is 84.9 Å². The summed E-state index contributed by atoms with van der Waals surface area (Å²) >= 11 is 0. The molecule has 2 fully saturated rings. The van der Waals surface area contributed by atoms with Crippen molar-refractivity contribution in [3.63, 3.8) is 0 Å². The SMILES string of the molecule is NC1CCCC(c2ccc(CCN3CCC(C(c4ccccc4)c4ccccc4)CC3)cc2)N1. The summed E-state index contributed by atoms with van der Waals surface area (Å²) in [5, 5.41) is 3.54. The lowest BCUT2D eigenvalue weighted by molar-refractivity contribution is 0.177. The van der Waals surface area contributed by atoms with Gasteiger partial charge in [-0.2, -0.15) is 0 Å². The number of benzene rings is 3. The molecule has 3 heteroatoms. The van der Waals surface area contributed by atoms with Crippen molar-refractivity contribution in [3.8, 4) is 0 Å². The summed E-state index contributed by atoms with van der Waals surface area (Å²) in [5.74, 6) is 1.20. The van der Waals surface area contributed by atoms with E-state index in [0.717, 1.165) is 19.4 Å². The molecule has 0 radical (unpaired) electrons. The van der Waals surface area contributed by atoms with Crippen molar-refractivity contribution in [1.29, 1.82) is 0 Å². The van der Waals surface area contributed by atoms with Crippen molar-refractivity contribution in [2.24, 2.45) is 11.7 Å². The summed E-state index contributed by atoms with van der Waals surface area (Å²) in [6, 6.07) is 31.9. The minimum atomic E-state index is 0.143. The number of piperidine rings is 2. The quantitative estimate of drug-likeness (QED) is 0.470. The van der Waals surface area contributed by atoms with Crippen molar-refractivity contribution in [2.45, 2.75) is 56.7 Å². The maximum Gasteiger partial charge on any atom is 0.0551 e. The molecule has 2 aliphatic heterocycles. The minimum absolute atomic E-state index is 0.143. The molecule has 0 spiro atoms. The largest absolute Gasteiger partial charge is 0.316 e. The Hall–Kier alpha value is -2.46. The number of likely N-dealkylation sites (tertiary alicyclic amines) is 1. The summed E-state index contributed by atoms with van der Waals surface area (Å²) in [6.45, 7) is 3.55. The van der Waals surface area contributed by atoms with Gasteiger partial charge in [0.1, 0.15) is 0 Å². The fourth-order valence-corrected chi connectivity index (χ4v) is 6.00. The number of nitrogens with zero attached hydrogens (tertiary/aromatic N) is 1. The van der Waals surface area contributed by atoms with Crippen LogP contribution in [0.2, 0.25) is 0 Å². The minimum Gasteiger partial charge on any atom is -0.316 e. The number of nitrogens with two attached hydrogens (primary N) is 1. The van der Waals surface area contributed by atoms with Crippen molar-refractivity contribution < 1.29 is 0 Å². The van der Waals surface area contributed by atoms with E-state index >= 15 is 0 Å². The number of hydrogen-bond acceptors (Lipinski definition) is 3. The first-order chi connectivity index (χ1) is 16.8. The highest BCUT2D eigenvalue weighted by Gasteiger charge is 2.28. The van der Waals surface area contributed by atoms with Crippen LogP contribution in [0.5, 0.6) is 0 Å². The van der Waals surface area contributed by atoms with E-state index < -0.39 is 0 Å². The van der Waals surface area contributed by atoms with E-state index in [1.54, 1.807) is 0 Å². The molecular formula is C31H39N3. The maximum absolute atomic E-state index is 6.10. The molecule has 2 aliphatic rings. The second-order valence-corrected chi connectivity index (χ2v) is 10.2. The van der Waals surface area contributed by atoms with E-state index in [-0.39, 0.29) is 6.17 Å². The molecule has 0 bridgehead atoms. The maximum atomic E-state index is 6.10. The van der Waals surface area contributed by atoms with Crippen LogP contribution in [0.25, 0.3) is 0 Å². The average Bonchev–Trinajstić information content (AvgIpc) is 2.90. The Morgan fingerprint density at radius 2 is 1.38 bits per heavy atom. The summed E-state index contributed by atoms with van der Waals surface area (Å²) in [6.07, 6.45) is 7.29. The second kappa shape index (κ2) is 11.3. The van der Waals surface area contributed by atoms with Crippen LogP contribution in [-0.2, 0) is 6.42 Å².